The molecule has 4 rings (SSSR count). The van der Waals surface area contributed by atoms with E-state index in [1.807, 2.05) is 0 Å². The quantitative estimate of drug-likeness (QED) is 0.265. The topological polar surface area (TPSA) is 83.9 Å². The second kappa shape index (κ2) is 11.3. The first-order valence-electron chi connectivity index (χ1n) is 12.8. The Hall–Kier alpha value is -3.42. The Morgan fingerprint density at radius 2 is 1.55 bits per heavy atom. The average molecular weight is 616 g/mol. The van der Waals surface area contributed by atoms with Gasteiger partial charge in [0.15, 0.2) is 0 Å². The van der Waals surface area contributed by atoms with Crippen LogP contribution in [0.5, 0.6) is 0 Å². The average Bonchev–Trinajstić information content (AvgIpc) is 3.10. The molecule has 42 heavy (non-hydrogen) atoms. The van der Waals surface area contributed by atoms with Gasteiger partial charge < -0.3 is 10.0 Å². The maximum atomic E-state index is 13.7. The maximum absolute atomic E-state index is 13.7. The summed E-state index contributed by atoms with van der Waals surface area (Å²) < 4.78 is 113. The molecule has 0 fully saturated rings. The number of halogens is 6. The van der Waals surface area contributed by atoms with Crippen LogP contribution >= 0.6 is 0 Å². The fourth-order valence-electron chi connectivity index (χ4n) is 4.82. The van der Waals surface area contributed by atoms with E-state index < -0.39 is 51.6 Å². The van der Waals surface area contributed by atoms with Crippen molar-refractivity contribution < 1.29 is 48.8 Å². The van der Waals surface area contributed by atoms with Crippen LogP contribution in [0.2, 0.25) is 0 Å². The molecule has 0 bridgehead atoms. The minimum atomic E-state index is -6.10. The molecule has 0 aliphatic carbocycles. The van der Waals surface area contributed by atoms with Crippen LogP contribution in [0.1, 0.15) is 41.5 Å². The standard InChI is InChI=1S/C29H27F6NO5S/c1-18-8-13-24(14-9-18)42(39,40)41-23-12-10-21-16-22(27(38,28(30,31)32)29(33,34)35)11-15-25(21)36(17-23)26(37)19(2)20-6-4-3-5-7-20/h3-9,11,13-16,19,23,38H,10,12,17H2,1-2H3/t19-,23-/m0/s1. The fourth-order valence-corrected chi connectivity index (χ4v) is 5.91. The number of hydrogen-bond acceptors (Lipinski definition) is 5. The number of benzene rings is 3. The highest BCUT2D eigenvalue weighted by Crippen LogP contribution is 2.51. The van der Waals surface area contributed by atoms with Crippen molar-refractivity contribution in [1.82, 2.24) is 0 Å². The summed E-state index contributed by atoms with van der Waals surface area (Å²) in [6.07, 6.45) is -13.8. The van der Waals surface area contributed by atoms with Crippen LogP contribution in [-0.4, -0.2) is 44.4 Å². The molecule has 2 atom stereocenters. The van der Waals surface area contributed by atoms with Gasteiger partial charge in [0.2, 0.25) is 5.91 Å². The van der Waals surface area contributed by atoms with Crippen molar-refractivity contribution in [2.45, 2.75) is 61.6 Å². The van der Waals surface area contributed by atoms with E-state index in [1.165, 1.54) is 12.1 Å². The van der Waals surface area contributed by atoms with Crippen molar-refractivity contribution >= 4 is 21.7 Å². The lowest BCUT2D eigenvalue weighted by molar-refractivity contribution is -0.376. The Labute approximate surface area is 238 Å². The van der Waals surface area contributed by atoms with Crippen molar-refractivity contribution in [3.05, 3.63) is 95.1 Å². The molecule has 226 valence electrons. The number of nitrogens with zero attached hydrogens (tertiary/aromatic N) is 1. The number of aryl methyl sites for hydroxylation is 2. The second-order valence-electron chi connectivity index (χ2n) is 10.2. The molecular weight excluding hydrogens is 588 g/mol. The van der Waals surface area contributed by atoms with E-state index in [0.717, 1.165) is 16.5 Å². The Kier molecular flexibility index (Phi) is 8.51. The van der Waals surface area contributed by atoms with Gasteiger partial charge in [0.25, 0.3) is 15.7 Å². The summed E-state index contributed by atoms with van der Waals surface area (Å²) >= 11 is 0. The molecule has 1 aliphatic rings. The normalized spacial score (nSPS) is 17.4. The molecule has 0 saturated heterocycles. The first-order valence-corrected chi connectivity index (χ1v) is 14.2. The van der Waals surface area contributed by atoms with Gasteiger partial charge in [-0.05, 0) is 56.0 Å². The number of amides is 1. The summed E-state index contributed by atoms with van der Waals surface area (Å²) in [6.45, 7) is 2.97. The lowest BCUT2D eigenvalue weighted by Crippen LogP contribution is -2.54. The van der Waals surface area contributed by atoms with Gasteiger partial charge in [-0.15, -0.1) is 0 Å². The lowest BCUT2D eigenvalue weighted by Gasteiger charge is -2.34. The Bertz CT molecular complexity index is 1530. The van der Waals surface area contributed by atoms with E-state index in [1.54, 1.807) is 56.3 Å². The van der Waals surface area contributed by atoms with Crippen molar-refractivity contribution in [3.8, 4) is 0 Å². The second-order valence-corrected chi connectivity index (χ2v) is 11.7. The summed E-state index contributed by atoms with van der Waals surface area (Å²) in [5.41, 5.74) is -5.41. The molecule has 6 nitrogen and oxygen atoms in total. The molecule has 1 heterocycles. The third-order valence-electron chi connectivity index (χ3n) is 7.24. The molecule has 3 aromatic carbocycles. The SMILES string of the molecule is Cc1ccc(S(=O)(=O)O[C@H]2CCc3cc(C(O)(C(F)(F)F)C(F)(F)F)ccc3N(C(=O)[C@@H](C)c3ccccc3)C2)cc1. The van der Waals surface area contributed by atoms with Crippen LogP contribution in [0, 0.1) is 6.92 Å². The van der Waals surface area contributed by atoms with Crippen LogP contribution in [0.4, 0.5) is 32.0 Å². The number of alkyl halides is 6. The zero-order valence-electron chi connectivity index (χ0n) is 22.4. The van der Waals surface area contributed by atoms with Gasteiger partial charge >= 0.3 is 12.4 Å². The van der Waals surface area contributed by atoms with Crippen LogP contribution < -0.4 is 4.90 Å². The van der Waals surface area contributed by atoms with Crippen molar-refractivity contribution in [2.24, 2.45) is 0 Å². The molecule has 0 radical (unpaired) electrons. The molecule has 1 N–H and O–H groups in total. The molecule has 0 spiro atoms. The number of hydrogen-bond donors (Lipinski definition) is 1. The first-order chi connectivity index (χ1) is 19.5. The smallest absolute Gasteiger partial charge is 0.369 e. The van der Waals surface area contributed by atoms with Crippen molar-refractivity contribution in [2.75, 3.05) is 11.4 Å². The molecule has 0 unspecified atom stereocenters. The summed E-state index contributed by atoms with van der Waals surface area (Å²) in [6, 6.07) is 16.2. The number of rotatable bonds is 6. The molecule has 3 aromatic rings. The highest BCUT2D eigenvalue weighted by atomic mass is 32.2. The van der Waals surface area contributed by atoms with Gasteiger partial charge in [-0.3, -0.25) is 8.98 Å². The molecule has 0 aromatic heterocycles. The number of anilines is 1. The minimum absolute atomic E-state index is 0.0166. The van der Waals surface area contributed by atoms with E-state index in [9.17, 15) is 44.7 Å². The van der Waals surface area contributed by atoms with Gasteiger partial charge in [-0.25, -0.2) is 0 Å². The first kappa shape index (κ1) is 31.5. The zero-order valence-corrected chi connectivity index (χ0v) is 23.2. The fraction of sp³-hybridized carbons (Fsp3) is 0.345. The van der Waals surface area contributed by atoms with Crippen LogP contribution in [0.3, 0.4) is 0 Å². The lowest BCUT2D eigenvalue weighted by atomic mass is 9.89. The summed E-state index contributed by atoms with van der Waals surface area (Å²) in [4.78, 5) is 14.7. The number of fused-ring (bicyclic) bond motifs is 1. The van der Waals surface area contributed by atoms with Gasteiger partial charge in [-0.2, -0.15) is 34.8 Å². The van der Waals surface area contributed by atoms with E-state index in [-0.39, 0.29) is 35.5 Å². The molecular formula is C29H27F6NO5S. The Balaban J connectivity index is 1.78. The molecule has 0 saturated carbocycles. The third-order valence-corrected chi connectivity index (χ3v) is 8.61. The zero-order chi connectivity index (χ0) is 31.1. The van der Waals surface area contributed by atoms with Crippen LogP contribution in [-0.2, 0) is 31.1 Å². The summed E-state index contributed by atoms with van der Waals surface area (Å²) in [5, 5.41) is 9.96. The number of carbonyl (C=O) groups excluding carboxylic acids is 1. The monoisotopic (exact) mass is 615 g/mol. The Morgan fingerprint density at radius 1 is 0.952 bits per heavy atom. The van der Waals surface area contributed by atoms with Crippen LogP contribution in [0.15, 0.2) is 77.7 Å². The van der Waals surface area contributed by atoms with Gasteiger partial charge in [-0.1, -0.05) is 60.2 Å². The van der Waals surface area contributed by atoms with Crippen molar-refractivity contribution in [1.29, 1.82) is 0 Å². The highest BCUT2D eigenvalue weighted by molar-refractivity contribution is 7.86. The van der Waals surface area contributed by atoms with Gasteiger partial charge in [0.05, 0.1) is 23.5 Å². The van der Waals surface area contributed by atoms with Gasteiger partial charge in [0.1, 0.15) is 0 Å². The molecule has 13 heteroatoms. The Morgan fingerprint density at radius 3 is 2.12 bits per heavy atom. The van der Waals surface area contributed by atoms with E-state index >= 15 is 0 Å². The number of aliphatic hydroxyl groups is 1. The van der Waals surface area contributed by atoms with Crippen molar-refractivity contribution in [3.63, 3.8) is 0 Å². The largest absolute Gasteiger partial charge is 0.430 e. The summed E-state index contributed by atoms with van der Waals surface area (Å²) in [5.74, 6) is -1.39. The predicted octanol–water partition coefficient (Wildman–Crippen LogP) is 6.16. The molecule has 1 aliphatic heterocycles. The van der Waals surface area contributed by atoms with E-state index in [2.05, 4.69) is 0 Å². The van der Waals surface area contributed by atoms with E-state index in [4.69, 9.17) is 4.18 Å². The van der Waals surface area contributed by atoms with E-state index in [0.29, 0.717) is 17.7 Å². The van der Waals surface area contributed by atoms with Gasteiger partial charge in [0, 0.05) is 11.3 Å². The third kappa shape index (κ3) is 6.04. The number of carbonyl (C=O) groups is 1. The molecule has 1 amide bonds. The highest BCUT2D eigenvalue weighted by Gasteiger charge is 2.71. The predicted molar refractivity (Wildman–Crippen MR) is 141 cm³/mol. The maximum Gasteiger partial charge on any atom is 0.430 e. The summed E-state index contributed by atoms with van der Waals surface area (Å²) in [7, 11) is -4.35. The van der Waals surface area contributed by atoms with Crippen LogP contribution in [0.25, 0.3) is 0 Å². The minimum Gasteiger partial charge on any atom is -0.369 e.